The summed E-state index contributed by atoms with van der Waals surface area (Å²) in [4.78, 5) is 0. The Morgan fingerprint density at radius 3 is 2.59 bits per heavy atom. The van der Waals surface area contributed by atoms with E-state index >= 15 is 0 Å². The molecule has 6 nitrogen and oxygen atoms in total. The number of anilines is 1. The SMILES string of the molecule is NNc1ccc2nnc(-c3ccccc3)n2n1. The minimum atomic E-state index is 0.564. The number of hydrogen-bond acceptors (Lipinski definition) is 5. The van der Waals surface area contributed by atoms with Crippen LogP contribution in [0.1, 0.15) is 0 Å². The van der Waals surface area contributed by atoms with Gasteiger partial charge in [-0.2, -0.15) is 4.52 Å². The molecular weight excluding hydrogens is 216 g/mol. The molecule has 2 heterocycles. The van der Waals surface area contributed by atoms with E-state index in [-0.39, 0.29) is 0 Å². The average molecular weight is 226 g/mol. The maximum atomic E-state index is 5.33. The van der Waals surface area contributed by atoms with Crippen molar-refractivity contribution in [3.8, 4) is 11.4 Å². The lowest BCUT2D eigenvalue weighted by atomic mass is 10.2. The molecule has 6 heteroatoms. The maximum Gasteiger partial charge on any atom is 0.185 e. The fourth-order valence-corrected chi connectivity index (χ4v) is 1.63. The Bertz CT molecular complexity index is 645. The third kappa shape index (κ3) is 1.60. The predicted molar refractivity (Wildman–Crippen MR) is 64.0 cm³/mol. The van der Waals surface area contributed by atoms with Crippen LogP contribution in [-0.4, -0.2) is 19.8 Å². The minimum absolute atomic E-state index is 0.564. The van der Waals surface area contributed by atoms with Gasteiger partial charge in [0, 0.05) is 5.56 Å². The van der Waals surface area contributed by atoms with E-state index in [9.17, 15) is 0 Å². The largest absolute Gasteiger partial charge is 0.307 e. The molecule has 0 aliphatic heterocycles. The van der Waals surface area contributed by atoms with Crippen molar-refractivity contribution >= 4 is 11.5 Å². The van der Waals surface area contributed by atoms with Crippen LogP contribution in [0.4, 0.5) is 5.82 Å². The average Bonchev–Trinajstić information content (AvgIpc) is 2.82. The minimum Gasteiger partial charge on any atom is -0.307 e. The fourth-order valence-electron chi connectivity index (χ4n) is 1.63. The monoisotopic (exact) mass is 226 g/mol. The standard InChI is InChI=1S/C11H10N6/c12-13-9-6-7-10-14-15-11(17(10)16-9)8-4-2-1-3-5-8/h1-7H,12H2,(H,13,16). The smallest absolute Gasteiger partial charge is 0.185 e. The van der Waals surface area contributed by atoms with E-state index in [4.69, 9.17) is 5.84 Å². The van der Waals surface area contributed by atoms with Crippen LogP contribution in [0.25, 0.3) is 17.0 Å². The van der Waals surface area contributed by atoms with Crippen LogP contribution in [0.2, 0.25) is 0 Å². The number of rotatable bonds is 2. The first-order valence-corrected chi connectivity index (χ1v) is 5.13. The predicted octanol–water partition coefficient (Wildman–Crippen LogP) is 1.08. The quantitative estimate of drug-likeness (QED) is 0.504. The molecule has 3 aromatic rings. The lowest BCUT2D eigenvalue weighted by Crippen LogP contribution is -2.10. The maximum absolute atomic E-state index is 5.33. The summed E-state index contributed by atoms with van der Waals surface area (Å²) < 4.78 is 1.66. The van der Waals surface area contributed by atoms with Crippen molar-refractivity contribution in [3.63, 3.8) is 0 Å². The third-order valence-electron chi connectivity index (χ3n) is 2.44. The van der Waals surface area contributed by atoms with Crippen LogP contribution in [0.15, 0.2) is 42.5 Å². The van der Waals surface area contributed by atoms with Gasteiger partial charge in [0.15, 0.2) is 17.3 Å². The number of nitrogens with one attached hydrogen (secondary N) is 1. The number of hydrogen-bond donors (Lipinski definition) is 2. The zero-order valence-corrected chi connectivity index (χ0v) is 8.91. The fraction of sp³-hybridized carbons (Fsp3) is 0. The second-order valence-corrected chi connectivity index (χ2v) is 3.52. The summed E-state index contributed by atoms with van der Waals surface area (Å²) in [6.45, 7) is 0. The normalized spacial score (nSPS) is 10.6. The molecule has 0 unspecified atom stereocenters. The highest BCUT2D eigenvalue weighted by molar-refractivity contribution is 5.59. The van der Waals surface area contributed by atoms with Crippen LogP contribution in [0.5, 0.6) is 0 Å². The number of nitrogen functional groups attached to an aromatic ring is 1. The summed E-state index contributed by atoms with van der Waals surface area (Å²) in [5.74, 6) is 6.59. The third-order valence-corrected chi connectivity index (χ3v) is 2.44. The Kier molecular flexibility index (Phi) is 2.20. The molecule has 2 aromatic heterocycles. The molecule has 0 saturated carbocycles. The van der Waals surface area contributed by atoms with Crippen molar-refractivity contribution in [1.29, 1.82) is 0 Å². The highest BCUT2D eigenvalue weighted by atomic mass is 15.4. The topological polar surface area (TPSA) is 81.1 Å². The van der Waals surface area contributed by atoms with Crippen LogP contribution in [0.3, 0.4) is 0 Å². The number of aromatic nitrogens is 4. The summed E-state index contributed by atoms with van der Waals surface area (Å²) >= 11 is 0. The lowest BCUT2D eigenvalue weighted by molar-refractivity contribution is 0.933. The van der Waals surface area contributed by atoms with Gasteiger partial charge in [-0.05, 0) is 12.1 Å². The van der Waals surface area contributed by atoms with E-state index in [1.165, 1.54) is 0 Å². The summed E-state index contributed by atoms with van der Waals surface area (Å²) in [5, 5.41) is 12.5. The first-order chi connectivity index (χ1) is 8.38. The van der Waals surface area contributed by atoms with Crippen LogP contribution in [0, 0.1) is 0 Å². The number of hydrazine groups is 1. The van der Waals surface area contributed by atoms with Gasteiger partial charge in [0.1, 0.15) is 0 Å². The zero-order chi connectivity index (χ0) is 11.7. The van der Waals surface area contributed by atoms with Gasteiger partial charge in [-0.15, -0.1) is 15.3 Å². The molecule has 0 spiro atoms. The van der Waals surface area contributed by atoms with Crippen molar-refractivity contribution in [2.75, 3.05) is 5.43 Å². The molecule has 1 aromatic carbocycles. The van der Waals surface area contributed by atoms with E-state index in [0.717, 1.165) is 5.56 Å². The van der Waals surface area contributed by atoms with E-state index in [1.54, 1.807) is 10.6 Å². The summed E-state index contributed by atoms with van der Waals surface area (Å²) in [6, 6.07) is 13.3. The molecule has 0 bridgehead atoms. The molecule has 0 saturated heterocycles. The van der Waals surface area contributed by atoms with Gasteiger partial charge in [0.2, 0.25) is 0 Å². The summed E-state index contributed by atoms with van der Waals surface area (Å²) in [5.41, 5.74) is 4.14. The summed E-state index contributed by atoms with van der Waals surface area (Å²) in [6.07, 6.45) is 0. The second kappa shape index (κ2) is 3.84. The molecule has 0 amide bonds. The molecular formula is C11H10N6. The molecule has 0 aliphatic rings. The highest BCUT2D eigenvalue weighted by Gasteiger charge is 2.08. The second-order valence-electron chi connectivity index (χ2n) is 3.52. The molecule has 3 N–H and O–H groups in total. The van der Waals surface area contributed by atoms with E-state index < -0.39 is 0 Å². The lowest BCUT2D eigenvalue weighted by Gasteiger charge is -2.01. The van der Waals surface area contributed by atoms with Crippen LogP contribution in [-0.2, 0) is 0 Å². The molecule has 3 rings (SSSR count). The van der Waals surface area contributed by atoms with Crippen molar-refractivity contribution in [3.05, 3.63) is 42.5 Å². The van der Waals surface area contributed by atoms with Gasteiger partial charge in [-0.3, -0.25) is 0 Å². The van der Waals surface area contributed by atoms with E-state index in [2.05, 4.69) is 20.7 Å². The highest BCUT2D eigenvalue weighted by Crippen LogP contribution is 2.17. The van der Waals surface area contributed by atoms with Crippen molar-refractivity contribution in [2.45, 2.75) is 0 Å². The Hall–Kier alpha value is -2.47. The Balaban J connectivity index is 2.23. The zero-order valence-electron chi connectivity index (χ0n) is 8.91. The van der Waals surface area contributed by atoms with Gasteiger partial charge in [0.05, 0.1) is 0 Å². The van der Waals surface area contributed by atoms with Crippen molar-refractivity contribution in [1.82, 2.24) is 19.8 Å². The Morgan fingerprint density at radius 2 is 1.82 bits per heavy atom. The molecule has 17 heavy (non-hydrogen) atoms. The van der Waals surface area contributed by atoms with Gasteiger partial charge in [-0.1, -0.05) is 30.3 Å². The molecule has 0 fully saturated rings. The number of fused-ring (bicyclic) bond motifs is 1. The van der Waals surface area contributed by atoms with Gasteiger partial charge in [0.25, 0.3) is 0 Å². The van der Waals surface area contributed by atoms with Crippen LogP contribution < -0.4 is 11.3 Å². The van der Waals surface area contributed by atoms with Gasteiger partial charge >= 0.3 is 0 Å². The number of nitrogens with zero attached hydrogens (tertiary/aromatic N) is 4. The van der Waals surface area contributed by atoms with Crippen LogP contribution >= 0.6 is 0 Å². The Morgan fingerprint density at radius 1 is 1.00 bits per heavy atom. The van der Waals surface area contributed by atoms with Gasteiger partial charge in [-0.25, -0.2) is 5.84 Å². The van der Waals surface area contributed by atoms with Crippen molar-refractivity contribution < 1.29 is 0 Å². The van der Waals surface area contributed by atoms with Gasteiger partial charge < -0.3 is 5.43 Å². The number of nitrogens with two attached hydrogens (primary N) is 1. The summed E-state index contributed by atoms with van der Waals surface area (Å²) in [7, 11) is 0. The molecule has 0 aliphatic carbocycles. The molecule has 84 valence electrons. The molecule has 0 radical (unpaired) electrons. The first-order valence-electron chi connectivity index (χ1n) is 5.13. The molecule has 0 atom stereocenters. The first kappa shape index (κ1) is 9.73. The Labute approximate surface area is 97.1 Å². The number of benzene rings is 1. The van der Waals surface area contributed by atoms with E-state index in [0.29, 0.717) is 17.3 Å². The van der Waals surface area contributed by atoms with Crippen molar-refractivity contribution in [2.24, 2.45) is 5.84 Å². The van der Waals surface area contributed by atoms with E-state index in [1.807, 2.05) is 36.4 Å².